The highest BCUT2D eigenvalue weighted by molar-refractivity contribution is 5.81. The van der Waals surface area contributed by atoms with E-state index in [4.69, 9.17) is 4.74 Å². The first-order valence-electron chi connectivity index (χ1n) is 7.00. The highest BCUT2D eigenvalue weighted by Crippen LogP contribution is 2.29. The molecule has 1 aliphatic carbocycles. The number of amides is 1. The van der Waals surface area contributed by atoms with Crippen LogP contribution in [-0.4, -0.2) is 48.7 Å². The van der Waals surface area contributed by atoms with Crippen molar-refractivity contribution in [1.29, 1.82) is 0 Å². The van der Waals surface area contributed by atoms with E-state index in [-0.39, 0.29) is 12.0 Å². The van der Waals surface area contributed by atoms with Gasteiger partial charge in [0, 0.05) is 25.2 Å². The molecule has 0 aromatic heterocycles. The maximum Gasteiger partial charge on any atom is 0.252 e. The fourth-order valence-electron chi connectivity index (χ4n) is 2.91. The first kappa shape index (κ1) is 11.5. The molecule has 3 aliphatic rings. The van der Waals surface area contributed by atoms with E-state index in [1.807, 2.05) is 0 Å². The summed E-state index contributed by atoms with van der Waals surface area (Å²) in [7, 11) is 0. The van der Waals surface area contributed by atoms with Crippen molar-refractivity contribution in [2.75, 3.05) is 19.7 Å². The molecule has 2 aliphatic heterocycles. The predicted molar refractivity (Wildman–Crippen MR) is 64.7 cm³/mol. The van der Waals surface area contributed by atoms with E-state index >= 15 is 0 Å². The molecular weight excluding hydrogens is 216 g/mol. The quantitative estimate of drug-likeness (QED) is 0.791. The van der Waals surface area contributed by atoms with Crippen LogP contribution in [0.1, 0.15) is 38.5 Å². The normalized spacial score (nSPS) is 32.9. The topological polar surface area (TPSA) is 41.6 Å². The summed E-state index contributed by atoms with van der Waals surface area (Å²) in [6.07, 6.45) is 6.64. The average Bonchev–Trinajstić information content (AvgIpc) is 2.86. The highest BCUT2D eigenvalue weighted by atomic mass is 16.5. The molecule has 96 valence electrons. The lowest BCUT2D eigenvalue weighted by Gasteiger charge is -2.28. The van der Waals surface area contributed by atoms with E-state index in [2.05, 4.69) is 10.2 Å². The van der Waals surface area contributed by atoms with Gasteiger partial charge in [-0.25, -0.2) is 0 Å². The molecule has 0 spiro atoms. The third-order valence-corrected chi connectivity index (χ3v) is 4.06. The van der Waals surface area contributed by atoms with E-state index in [0.717, 1.165) is 32.5 Å². The summed E-state index contributed by atoms with van der Waals surface area (Å²) >= 11 is 0. The molecule has 3 fully saturated rings. The summed E-state index contributed by atoms with van der Waals surface area (Å²) in [4.78, 5) is 14.5. The van der Waals surface area contributed by atoms with Crippen LogP contribution in [-0.2, 0) is 9.53 Å². The van der Waals surface area contributed by atoms with E-state index in [0.29, 0.717) is 12.1 Å². The second-order valence-corrected chi connectivity index (χ2v) is 5.52. The van der Waals surface area contributed by atoms with Crippen molar-refractivity contribution in [2.24, 2.45) is 0 Å². The Morgan fingerprint density at radius 1 is 1.24 bits per heavy atom. The van der Waals surface area contributed by atoms with Crippen molar-refractivity contribution in [3.63, 3.8) is 0 Å². The fourth-order valence-corrected chi connectivity index (χ4v) is 2.91. The molecule has 4 heteroatoms. The van der Waals surface area contributed by atoms with Gasteiger partial charge in [-0.3, -0.25) is 4.79 Å². The Morgan fingerprint density at radius 2 is 2.12 bits per heavy atom. The second-order valence-electron chi connectivity index (χ2n) is 5.52. The molecule has 1 unspecified atom stereocenters. The Morgan fingerprint density at radius 3 is 2.71 bits per heavy atom. The van der Waals surface area contributed by atoms with Gasteiger partial charge in [-0.2, -0.15) is 0 Å². The number of hydrogen-bond donors (Lipinski definition) is 1. The third kappa shape index (κ3) is 2.63. The van der Waals surface area contributed by atoms with Crippen molar-refractivity contribution in [3.8, 4) is 0 Å². The Balaban J connectivity index is 1.60. The summed E-state index contributed by atoms with van der Waals surface area (Å²) in [5.41, 5.74) is 0. The maximum atomic E-state index is 12.4. The van der Waals surface area contributed by atoms with Gasteiger partial charge in [-0.1, -0.05) is 0 Å². The third-order valence-electron chi connectivity index (χ3n) is 4.06. The van der Waals surface area contributed by atoms with Gasteiger partial charge < -0.3 is 15.0 Å². The lowest BCUT2D eigenvalue weighted by atomic mass is 10.1. The van der Waals surface area contributed by atoms with E-state index in [1.165, 1.54) is 25.7 Å². The number of ether oxygens (including phenoxy) is 1. The standard InChI is InChI=1S/C13H22N2O2/c16-13(12-4-2-8-17-12)15(11-5-6-11)9-10-3-1-7-14-10/h10-12,14H,1-9H2/t10?,12-/m0/s1. The number of nitrogens with one attached hydrogen (secondary N) is 1. The molecular formula is C13H22N2O2. The minimum absolute atomic E-state index is 0.142. The minimum Gasteiger partial charge on any atom is -0.368 e. The van der Waals surface area contributed by atoms with Crippen molar-refractivity contribution in [3.05, 3.63) is 0 Å². The van der Waals surface area contributed by atoms with E-state index in [1.54, 1.807) is 0 Å². The smallest absolute Gasteiger partial charge is 0.252 e. The summed E-state index contributed by atoms with van der Waals surface area (Å²) in [6.45, 7) is 2.76. The molecule has 4 nitrogen and oxygen atoms in total. The van der Waals surface area contributed by atoms with Crippen LogP contribution in [0.3, 0.4) is 0 Å². The zero-order valence-electron chi connectivity index (χ0n) is 10.4. The molecule has 0 radical (unpaired) electrons. The summed E-state index contributed by atoms with van der Waals surface area (Å²) < 4.78 is 5.53. The maximum absolute atomic E-state index is 12.4. The molecule has 1 amide bonds. The molecule has 3 rings (SSSR count). The van der Waals surface area contributed by atoms with Gasteiger partial charge in [0.05, 0.1) is 0 Å². The average molecular weight is 238 g/mol. The summed E-state index contributed by atoms with van der Waals surface area (Å²) in [5.74, 6) is 0.249. The van der Waals surface area contributed by atoms with Crippen LogP contribution >= 0.6 is 0 Å². The first-order chi connectivity index (χ1) is 8.34. The molecule has 2 atom stereocenters. The molecule has 17 heavy (non-hydrogen) atoms. The van der Waals surface area contributed by atoms with Gasteiger partial charge in [0.25, 0.3) is 5.91 Å². The van der Waals surface area contributed by atoms with E-state index < -0.39 is 0 Å². The van der Waals surface area contributed by atoms with Crippen LogP contribution in [0.5, 0.6) is 0 Å². The molecule has 2 saturated heterocycles. The van der Waals surface area contributed by atoms with Crippen LogP contribution in [0.15, 0.2) is 0 Å². The zero-order chi connectivity index (χ0) is 11.7. The van der Waals surface area contributed by atoms with Crippen LogP contribution in [0.2, 0.25) is 0 Å². The number of carbonyl (C=O) groups excluding carboxylic acids is 1. The fraction of sp³-hybridized carbons (Fsp3) is 0.923. The van der Waals surface area contributed by atoms with Gasteiger partial charge in [-0.05, 0) is 45.1 Å². The van der Waals surface area contributed by atoms with Crippen molar-refractivity contribution in [1.82, 2.24) is 10.2 Å². The molecule has 0 aromatic carbocycles. The van der Waals surface area contributed by atoms with Crippen molar-refractivity contribution >= 4 is 5.91 Å². The second kappa shape index (κ2) is 4.94. The first-order valence-corrected chi connectivity index (χ1v) is 7.00. The number of carbonyl (C=O) groups is 1. The summed E-state index contributed by atoms with van der Waals surface area (Å²) in [5, 5.41) is 3.48. The lowest BCUT2D eigenvalue weighted by molar-refractivity contribution is -0.141. The van der Waals surface area contributed by atoms with Crippen LogP contribution in [0.25, 0.3) is 0 Å². The predicted octanol–water partition coefficient (Wildman–Crippen LogP) is 0.908. The largest absolute Gasteiger partial charge is 0.368 e. The van der Waals surface area contributed by atoms with Crippen molar-refractivity contribution in [2.45, 2.75) is 56.7 Å². The van der Waals surface area contributed by atoms with Gasteiger partial charge >= 0.3 is 0 Å². The van der Waals surface area contributed by atoms with Gasteiger partial charge in [0.15, 0.2) is 0 Å². The number of nitrogens with zero attached hydrogens (tertiary/aromatic N) is 1. The van der Waals surface area contributed by atoms with Crippen LogP contribution < -0.4 is 5.32 Å². The lowest BCUT2D eigenvalue weighted by Crippen LogP contribution is -2.46. The molecule has 0 bridgehead atoms. The Labute approximate surface area is 103 Å². The molecule has 1 saturated carbocycles. The van der Waals surface area contributed by atoms with Gasteiger partial charge in [0.2, 0.25) is 0 Å². The molecule has 1 N–H and O–H groups in total. The number of rotatable bonds is 4. The molecule has 0 aromatic rings. The monoisotopic (exact) mass is 238 g/mol. The SMILES string of the molecule is O=C([C@@H]1CCCO1)N(CC1CCCN1)C1CC1. The van der Waals surface area contributed by atoms with Gasteiger partial charge in [-0.15, -0.1) is 0 Å². The number of hydrogen-bond acceptors (Lipinski definition) is 3. The highest BCUT2D eigenvalue weighted by Gasteiger charge is 2.38. The zero-order valence-corrected chi connectivity index (χ0v) is 10.4. The molecule has 2 heterocycles. The van der Waals surface area contributed by atoms with Crippen molar-refractivity contribution < 1.29 is 9.53 Å². The summed E-state index contributed by atoms with van der Waals surface area (Å²) in [6, 6.07) is 1.02. The Hall–Kier alpha value is -0.610. The Kier molecular flexibility index (Phi) is 3.34. The minimum atomic E-state index is -0.142. The van der Waals surface area contributed by atoms with Gasteiger partial charge in [0.1, 0.15) is 6.10 Å². The Bertz CT molecular complexity index is 279. The van der Waals surface area contributed by atoms with Crippen LogP contribution in [0.4, 0.5) is 0 Å². The van der Waals surface area contributed by atoms with E-state index in [9.17, 15) is 4.79 Å². The van der Waals surface area contributed by atoms with Crippen LogP contribution in [0, 0.1) is 0 Å².